The molecular formula is C19H38N2. The van der Waals surface area contributed by atoms with Crippen molar-refractivity contribution in [1.82, 2.24) is 10.2 Å². The zero-order chi connectivity index (χ0) is 15.0. The molecule has 0 aromatic rings. The van der Waals surface area contributed by atoms with Crippen LogP contribution in [0.5, 0.6) is 0 Å². The highest BCUT2D eigenvalue weighted by molar-refractivity contribution is 4.89. The quantitative estimate of drug-likeness (QED) is 0.520. The lowest BCUT2D eigenvalue weighted by atomic mass is 9.79. The van der Waals surface area contributed by atoms with Crippen molar-refractivity contribution in [2.45, 2.75) is 90.5 Å². The molecule has 2 fully saturated rings. The first kappa shape index (κ1) is 17.3. The summed E-state index contributed by atoms with van der Waals surface area (Å²) in [7, 11) is 0. The summed E-state index contributed by atoms with van der Waals surface area (Å²) >= 11 is 0. The van der Waals surface area contributed by atoms with Gasteiger partial charge in [0.2, 0.25) is 0 Å². The number of rotatable bonds is 8. The van der Waals surface area contributed by atoms with Crippen molar-refractivity contribution in [3.63, 3.8) is 0 Å². The lowest BCUT2D eigenvalue weighted by Gasteiger charge is -2.40. The highest BCUT2D eigenvalue weighted by atomic mass is 15.2. The van der Waals surface area contributed by atoms with Crippen LogP contribution < -0.4 is 5.32 Å². The van der Waals surface area contributed by atoms with Gasteiger partial charge in [0.15, 0.2) is 0 Å². The first-order valence-corrected chi connectivity index (χ1v) is 9.74. The molecule has 2 aliphatic rings. The Balaban J connectivity index is 1.98. The van der Waals surface area contributed by atoms with Gasteiger partial charge in [-0.3, -0.25) is 0 Å². The molecule has 2 heteroatoms. The second kappa shape index (κ2) is 9.15. The van der Waals surface area contributed by atoms with Gasteiger partial charge >= 0.3 is 0 Å². The van der Waals surface area contributed by atoms with Gasteiger partial charge in [0.1, 0.15) is 0 Å². The summed E-state index contributed by atoms with van der Waals surface area (Å²) in [4.78, 5) is 2.84. The molecule has 21 heavy (non-hydrogen) atoms. The molecular weight excluding hydrogens is 256 g/mol. The number of hydrogen-bond acceptors (Lipinski definition) is 2. The molecule has 0 amide bonds. The minimum absolute atomic E-state index is 0.560. The maximum Gasteiger partial charge on any atom is 0.00953 e. The second-order valence-corrected chi connectivity index (χ2v) is 7.59. The maximum absolute atomic E-state index is 3.77. The van der Waals surface area contributed by atoms with Crippen LogP contribution in [0.25, 0.3) is 0 Å². The van der Waals surface area contributed by atoms with Crippen molar-refractivity contribution in [1.29, 1.82) is 0 Å². The van der Waals surface area contributed by atoms with Crippen molar-refractivity contribution in [3.05, 3.63) is 0 Å². The molecule has 2 rings (SSSR count). The van der Waals surface area contributed by atoms with Crippen LogP contribution in [0.1, 0.15) is 84.5 Å². The molecule has 0 bridgehead atoms. The largest absolute Gasteiger partial charge is 0.316 e. The molecule has 2 nitrogen and oxygen atoms in total. The number of nitrogens with one attached hydrogen (secondary N) is 1. The molecule has 124 valence electrons. The Hall–Kier alpha value is -0.0800. The van der Waals surface area contributed by atoms with E-state index < -0.39 is 0 Å². The fourth-order valence-electron chi connectivity index (χ4n) is 4.60. The Labute approximate surface area is 133 Å². The SMILES string of the molecule is CCCNCC1(CN(CC)C2CCCC2)CCCCCC1. The molecule has 0 unspecified atom stereocenters. The van der Waals surface area contributed by atoms with Crippen molar-refractivity contribution < 1.29 is 0 Å². The van der Waals surface area contributed by atoms with E-state index in [1.165, 1.54) is 96.8 Å². The van der Waals surface area contributed by atoms with Gasteiger partial charge < -0.3 is 10.2 Å². The first-order valence-electron chi connectivity index (χ1n) is 9.74. The van der Waals surface area contributed by atoms with E-state index in [1.807, 2.05) is 0 Å². The topological polar surface area (TPSA) is 15.3 Å². The van der Waals surface area contributed by atoms with Gasteiger partial charge in [-0.05, 0) is 50.6 Å². The summed E-state index contributed by atoms with van der Waals surface area (Å²) in [6.45, 7) is 9.71. The van der Waals surface area contributed by atoms with Crippen LogP contribution >= 0.6 is 0 Å². The number of nitrogens with zero attached hydrogens (tertiary/aromatic N) is 1. The van der Waals surface area contributed by atoms with Gasteiger partial charge in [0.05, 0.1) is 0 Å². The van der Waals surface area contributed by atoms with Gasteiger partial charge in [-0.25, -0.2) is 0 Å². The summed E-state index contributed by atoms with van der Waals surface area (Å²) in [6.07, 6.45) is 15.8. The minimum Gasteiger partial charge on any atom is -0.316 e. The van der Waals surface area contributed by atoms with E-state index in [-0.39, 0.29) is 0 Å². The molecule has 1 N–H and O–H groups in total. The van der Waals surface area contributed by atoms with Crippen molar-refractivity contribution in [3.8, 4) is 0 Å². The van der Waals surface area contributed by atoms with Crippen LogP contribution in [0.4, 0.5) is 0 Å². The van der Waals surface area contributed by atoms with Gasteiger partial charge in [-0.2, -0.15) is 0 Å². The van der Waals surface area contributed by atoms with Crippen LogP contribution in [0.15, 0.2) is 0 Å². The molecule has 0 saturated heterocycles. The average molecular weight is 295 g/mol. The van der Waals surface area contributed by atoms with Crippen molar-refractivity contribution >= 4 is 0 Å². The first-order chi connectivity index (χ1) is 10.3. The molecule has 0 aromatic heterocycles. The van der Waals surface area contributed by atoms with E-state index in [0.717, 1.165) is 6.04 Å². The lowest BCUT2D eigenvalue weighted by Crippen LogP contribution is -2.47. The lowest BCUT2D eigenvalue weighted by molar-refractivity contribution is 0.0981. The summed E-state index contributed by atoms with van der Waals surface area (Å²) in [6, 6.07) is 0.890. The Morgan fingerprint density at radius 2 is 1.62 bits per heavy atom. The van der Waals surface area contributed by atoms with E-state index in [9.17, 15) is 0 Å². The molecule has 0 heterocycles. The standard InChI is InChI=1S/C19H38N2/c1-3-15-20-16-19(13-9-5-6-10-14-19)17-21(4-2)18-11-7-8-12-18/h18,20H,3-17H2,1-2H3. The normalized spacial score (nSPS) is 23.6. The number of hydrogen-bond donors (Lipinski definition) is 1. The van der Waals surface area contributed by atoms with Crippen LogP contribution in [0, 0.1) is 5.41 Å². The third-order valence-electron chi connectivity index (χ3n) is 5.88. The van der Waals surface area contributed by atoms with E-state index in [2.05, 4.69) is 24.1 Å². The predicted octanol–water partition coefficient (Wildman–Crippen LogP) is 4.59. The molecule has 0 aromatic carbocycles. The van der Waals surface area contributed by atoms with E-state index in [4.69, 9.17) is 0 Å². The zero-order valence-electron chi connectivity index (χ0n) is 14.6. The van der Waals surface area contributed by atoms with Crippen molar-refractivity contribution in [2.24, 2.45) is 5.41 Å². The van der Waals surface area contributed by atoms with Crippen LogP contribution in [-0.4, -0.2) is 37.1 Å². The van der Waals surface area contributed by atoms with E-state index in [1.54, 1.807) is 0 Å². The Kier molecular flexibility index (Phi) is 7.53. The molecule has 0 atom stereocenters. The molecule has 0 spiro atoms. The van der Waals surface area contributed by atoms with Crippen molar-refractivity contribution in [2.75, 3.05) is 26.2 Å². The van der Waals surface area contributed by atoms with E-state index in [0.29, 0.717) is 5.41 Å². The van der Waals surface area contributed by atoms with Gasteiger partial charge in [-0.15, -0.1) is 0 Å². The van der Waals surface area contributed by atoms with Crippen LogP contribution in [-0.2, 0) is 0 Å². The molecule has 0 radical (unpaired) electrons. The smallest absolute Gasteiger partial charge is 0.00953 e. The maximum atomic E-state index is 3.77. The summed E-state index contributed by atoms with van der Waals surface area (Å²) in [5.74, 6) is 0. The third kappa shape index (κ3) is 5.25. The molecule has 2 aliphatic carbocycles. The summed E-state index contributed by atoms with van der Waals surface area (Å²) < 4.78 is 0. The third-order valence-corrected chi connectivity index (χ3v) is 5.88. The summed E-state index contributed by atoms with van der Waals surface area (Å²) in [5, 5.41) is 3.77. The minimum atomic E-state index is 0.560. The second-order valence-electron chi connectivity index (χ2n) is 7.59. The monoisotopic (exact) mass is 294 g/mol. The Morgan fingerprint density at radius 1 is 0.952 bits per heavy atom. The van der Waals surface area contributed by atoms with Gasteiger partial charge in [-0.1, -0.05) is 52.4 Å². The van der Waals surface area contributed by atoms with Crippen LogP contribution in [0.3, 0.4) is 0 Å². The highest BCUT2D eigenvalue weighted by Crippen LogP contribution is 2.37. The van der Waals surface area contributed by atoms with Gasteiger partial charge in [0.25, 0.3) is 0 Å². The zero-order valence-corrected chi connectivity index (χ0v) is 14.6. The molecule has 0 aliphatic heterocycles. The fourth-order valence-corrected chi connectivity index (χ4v) is 4.60. The van der Waals surface area contributed by atoms with Gasteiger partial charge in [0, 0.05) is 19.1 Å². The highest BCUT2D eigenvalue weighted by Gasteiger charge is 2.34. The molecule has 2 saturated carbocycles. The average Bonchev–Trinajstić information content (AvgIpc) is 2.93. The summed E-state index contributed by atoms with van der Waals surface area (Å²) in [5.41, 5.74) is 0.560. The fraction of sp³-hybridized carbons (Fsp3) is 1.00. The van der Waals surface area contributed by atoms with E-state index >= 15 is 0 Å². The Morgan fingerprint density at radius 3 is 2.19 bits per heavy atom. The Bertz CT molecular complexity index is 263. The van der Waals surface area contributed by atoms with Crippen LogP contribution in [0.2, 0.25) is 0 Å². The predicted molar refractivity (Wildman–Crippen MR) is 92.8 cm³/mol.